The van der Waals surface area contributed by atoms with Crippen LogP contribution in [-0.2, 0) is 0 Å². The summed E-state index contributed by atoms with van der Waals surface area (Å²) in [5.74, 6) is 1.42. The van der Waals surface area contributed by atoms with Gasteiger partial charge in [0.25, 0.3) is 0 Å². The van der Waals surface area contributed by atoms with Crippen molar-refractivity contribution in [1.82, 2.24) is 0 Å². The van der Waals surface area contributed by atoms with Gasteiger partial charge in [-0.05, 0) is 36.3 Å². The van der Waals surface area contributed by atoms with Gasteiger partial charge in [-0.25, -0.2) is 0 Å². The smallest absolute Gasteiger partial charge is 0.231 e. The molecular weight excluding hydrogens is 330 g/mol. The number of fused-ring (bicyclic) bond motifs is 1. The van der Waals surface area contributed by atoms with Crippen LogP contribution in [0, 0.1) is 18.3 Å². The van der Waals surface area contributed by atoms with Crippen LogP contribution in [0.4, 0.5) is 0 Å². The molecule has 1 aliphatic heterocycles. The van der Waals surface area contributed by atoms with E-state index in [-0.39, 0.29) is 6.79 Å². The quantitative estimate of drug-likeness (QED) is 0.594. The van der Waals surface area contributed by atoms with Gasteiger partial charge in [0.05, 0.1) is 11.6 Å². The molecule has 0 saturated heterocycles. The summed E-state index contributed by atoms with van der Waals surface area (Å²) in [6.07, 6.45) is 1.85. The van der Waals surface area contributed by atoms with Gasteiger partial charge in [-0.1, -0.05) is 45.8 Å². The van der Waals surface area contributed by atoms with Gasteiger partial charge >= 0.3 is 0 Å². The average molecular weight is 342 g/mol. The van der Waals surface area contributed by atoms with Crippen LogP contribution in [0.15, 0.2) is 40.9 Å². The van der Waals surface area contributed by atoms with Gasteiger partial charge in [0.1, 0.15) is 0 Å². The van der Waals surface area contributed by atoms with Gasteiger partial charge in [-0.15, -0.1) is 0 Å². The molecule has 0 aromatic heterocycles. The number of halogens is 1. The van der Waals surface area contributed by atoms with Gasteiger partial charge in [-0.2, -0.15) is 5.26 Å². The van der Waals surface area contributed by atoms with Crippen LogP contribution in [0.3, 0.4) is 0 Å². The second-order valence-electron chi connectivity index (χ2n) is 4.77. The fourth-order valence-corrected chi connectivity index (χ4v) is 2.63. The van der Waals surface area contributed by atoms with E-state index in [1.165, 1.54) is 0 Å². The molecule has 104 valence electrons. The molecule has 0 saturated carbocycles. The molecule has 0 atom stereocenters. The first-order chi connectivity index (χ1) is 10.2. The molecule has 3 rings (SSSR count). The summed E-state index contributed by atoms with van der Waals surface area (Å²) in [7, 11) is 0. The van der Waals surface area contributed by atoms with E-state index in [1.54, 1.807) is 0 Å². The van der Waals surface area contributed by atoms with Crippen LogP contribution in [-0.4, -0.2) is 6.79 Å². The molecule has 0 unspecified atom stereocenters. The Morgan fingerprint density at radius 1 is 1.24 bits per heavy atom. The predicted molar refractivity (Wildman–Crippen MR) is 84.9 cm³/mol. The van der Waals surface area contributed by atoms with Gasteiger partial charge in [0, 0.05) is 4.47 Å². The SMILES string of the molecule is Cc1cccc(/C(C#N)=C/c2cc3c(cc2Br)OCO3)c1. The van der Waals surface area contributed by atoms with Crippen molar-refractivity contribution in [2.75, 3.05) is 6.79 Å². The molecule has 0 amide bonds. The van der Waals surface area contributed by atoms with E-state index in [9.17, 15) is 5.26 Å². The molecule has 0 aliphatic carbocycles. The summed E-state index contributed by atoms with van der Waals surface area (Å²) in [6.45, 7) is 2.24. The summed E-state index contributed by atoms with van der Waals surface area (Å²) in [4.78, 5) is 0. The third-order valence-electron chi connectivity index (χ3n) is 3.24. The Bertz CT molecular complexity index is 775. The van der Waals surface area contributed by atoms with E-state index in [1.807, 2.05) is 49.4 Å². The van der Waals surface area contributed by atoms with Crippen molar-refractivity contribution in [2.24, 2.45) is 0 Å². The lowest BCUT2D eigenvalue weighted by atomic mass is 10.0. The first-order valence-corrected chi connectivity index (χ1v) is 7.24. The van der Waals surface area contributed by atoms with Crippen molar-refractivity contribution in [2.45, 2.75) is 6.92 Å². The highest BCUT2D eigenvalue weighted by atomic mass is 79.9. The fourth-order valence-electron chi connectivity index (χ4n) is 2.19. The molecule has 3 nitrogen and oxygen atoms in total. The number of hydrogen-bond acceptors (Lipinski definition) is 3. The second kappa shape index (κ2) is 5.63. The Hall–Kier alpha value is -2.25. The number of ether oxygens (including phenoxy) is 2. The number of hydrogen-bond donors (Lipinski definition) is 0. The molecule has 2 aromatic rings. The molecule has 0 spiro atoms. The standard InChI is InChI=1S/C17H12BrNO2/c1-11-3-2-4-12(5-11)14(9-19)6-13-7-16-17(8-15(13)18)21-10-20-16/h2-8H,10H2,1H3/b14-6+. The largest absolute Gasteiger partial charge is 0.454 e. The van der Waals surface area contributed by atoms with Gasteiger partial charge < -0.3 is 9.47 Å². The van der Waals surface area contributed by atoms with E-state index >= 15 is 0 Å². The summed E-state index contributed by atoms with van der Waals surface area (Å²) in [6, 6.07) is 13.9. The maximum atomic E-state index is 9.43. The van der Waals surface area contributed by atoms with E-state index < -0.39 is 0 Å². The Labute approximate surface area is 131 Å². The van der Waals surface area contributed by atoms with Crippen molar-refractivity contribution in [3.8, 4) is 17.6 Å². The molecule has 0 bridgehead atoms. The molecule has 0 fully saturated rings. The lowest BCUT2D eigenvalue weighted by molar-refractivity contribution is 0.174. The van der Waals surface area contributed by atoms with Crippen LogP contribution >= 0.6 is 15.9 Å². The lowest BCUT2D eigenvalue weighted by Crippen LogP contribution is -1.92. The summed E-state index contributed by atoms with van der Waals surface area (Å²) >= 11 is 3.51. The normalized spacial score (nSPS) is 13.1. The maximum Gasteiger partial charge on any atom is 0.231 e. The summed E-state index contributed by atoms with van der Waals surface area (Å²) < 4.78 is 11.6. The van der Waals surface area contributed by atoms with Crippen molar-refractivity contribution in [3.63, 3.8) is 0 Å². The third-order valence-corrected chi connectivity index (χ3v) is 3.93. The Kier molecular flexibility index (Phi) is 3.68. The number of benzene rings is 2. The fraction of sp³-hybridized carbons (Fsp3) is 0.118. The van der Waals surface area contributed by atoms with Crippen LogP contribution in [0.1, 0.15) is 16.7 Å². The molecular formula is C17H12BrNO2. The molecule has 2 aromatic carbocycles. The lowest BCUT2D eigenvalue weighted by Gasteiger charge is -2.04. The molecule has 1 heterocycles. The number of rotatable bonds is 2. The number of aryl methyl sites for hydroxylation is 1. The van der Waals surface area contributed by atoms with Gasteiger partial charge in [0.2, 0.25) is 6.79 Å². The Balaban J connectivity index is 2.06. The Morgan fingerprint density at radius 3 is 2.71 bits per heavy atom. The minimum absolute atomic E-state index is 0.234. The van der Waals surface area contributed by atoms with Crippen molar-refractivity contribution in [3.05, 3.63) is 57.6 Å². The van der Waals surface area contributed by atoms with Gasteiger partial charge in [0.15, 0.2) is 11.5 Å². The number of nitriles is 1. The van der Waals surface area contributed by atoms with Crippen molar-refractivity contribution in [1.29, 1.82) is 5.26 Å². The minimum atomic E-state index is 0.234. The van der Waals surface area contributed by atoms with E-state index in [0.717, 1.165) is 21.2 Å². The van der Waals surface area contributed by atoms with Crippen LogP contribution in [0.2, 0.25) is 0 Å². The van der Waals surface area contributed by atoms with Gasteiger partial charge in [-0.3, -0.25) is 0 Å². The first-order valence-electron chi connectivity index (χ1n) is 6.45. The maximum absolute atomic E-state index is 9.43. The average Bonchev–Trinajstić information content (AvgIpc) is 2.91. The zero-order valence-corrected chi connectivity index (χ0v) is 13.0. The second-order valence-corrected chi connectivity index (χ2v) is 5.62. The number of nitrogens with zero attached hydrogens (tertiary/aromatic N) is 1. The monoisotopic (exact) mass is 341 g/mol. The zero-order chi connectivity index (χ0) is 14.8. The molecule has 21 heavy (non-hydrogen) atoms. The summed E-state index contributed by atoms with van der Waals surface area (Å²) in [5, 5.41) is 9.43. The van der Waals surface area contributed by atoms with E-state index in [4.69, 9.17) is 9.47 Å². The Morgan fingerprint density at radius 2 is 2.00 bits per heavy atom. The van der Waals surface area contributed by atoms with E-state index in [2.05, 4.69) is 22.0 Å². The zero-order valence-electron chi connectivity index (χ0n) is 11.4. The topological polar surface area (TPSA) is 42.2 Å². The molecule has 4 heteroatoms. The van der Waals surface area contributed by atoms with Crippen LogP contribution in [0.25, 0.3) is 11.6 Å². The first kappa shape index (κ1) is 13.7. The number of allylic oxidation sites excluding steroid dienone is 1. The molecule has 0 radical (unpaired) electrons. The highest BCUT2D eigenvalue weighted by molar-refractivity contribution is 9.10. The van der Waals surface area contributed by atoms with Crippen molar-refractivity contribution < 1.29 is 9.47 Å². The van der Waals surface area contributed by atoms with E-state index in [0.29, 0.717) is 17.1 Å². The molecule has 1 aliphatic rings. The predicted octanol–water partition coefficient (Wildman–Crippen LogP) is 4.55. The van der Waals surface area contributed by atoms with Crippen LogP contribution < -0.4 is 9.47 Å². The summed E-state index contributed by atoms with van der Waals surface area (Å²) in [5.41, 5.74) is 3.52. The van der Waals surface area contributed by atoms with Crippen LogP contribution in [0.5, 0.6) is 11.5 Å². The third kappa shape index (κ3) is 2.79. The van der Waals surface area contributed by atoms with Crippen molar-refractivity contribution >= 4 is 27.6 Å². The minimum Gasteiger partial charge on any atom is -0.454 e. The highest BCUT2D eigenvalue weighted by Crippen LogP contribution is 2.38. The molecule has 0 N–H and O–H groups in total. The highest BCUT2D eigenvalue weighted by Gasteiger charge is 2.16.